The molecule has 3 rings (SSSR count). The Morgan fingerprint density at radius 3 is 2.37 bits per heavy atom. The van der Waals surface area contributed by atoms with Gasteiger partial charge < -0.3 is 4.90 Å². The van der Waals surface area contributed by atoms with Crippen molar-refractivity contribution in [2.45, 2.75) is 6.42 Å². The van der Waals surface area contributed by atoms with E-state index in [1.807, 2.05) is 0 Å². The van der Waals surface area contributed by atoms with Crippen LogP contribution in [0.3, 0.4) is 0 Å². The third-order valence-electron chi connectivity index (χ3n) is 3.71. The topological polar surface area (TPSA) is 3.24 Å². The molecule has 0 saturated heterocycles. The van der Waals surface area contributed by atoms with Gasteiger partial charge in [-0.2, -0.15) is 0 Å². The van der Waals surface area contributed by atoms with Crippen molar-refractivity contribution in [3.63, 3.8) is 0 Å². The lowest BCUT2D eigenvalue weighted by Crippen LogP contribution is -2.15. The molecule has 0 saturated carbocycles. The molecule has 3 aromatic carbocycles. The van der Waals surface area contributed by atoms with Crippen molar-refractivity contribution in [1.82, 2.24) is 4.90 Å². The molecule has 0 fully saturated rings. The Morgan fingerprint density at radius 1 is 0.737 bits per heavy atom. The van der Waals surface area contributed by atoms with E-state index in [1.54, 1.807) is 0 Å². The van der Waals surface area contributed by atoms with Gasteiger partial charge in [0.15, 0.2) is 0 Å². The number of likely N-dealkylation sites (N-methyl/N-ethyl adjacent to an activating group) is 1. The van der Waals surface area contributed by atoms with Crippen LogP contribution in [0, 0.1) is 0 Å². The third kappa shape index (κ3) is 2.34. The maximum atomic E-state index is 2.27. The molecule has 0 atom stereocenters. The normalized spacial score (nSPS) is 11.5. The molecule has 0 unspecified atom stereocenters. The Balaban J connectivity index is 2.17. The van der Waals surface area contributed by atoms with E-state index in [9.17, 15) is 0 Å². The molecule has 19 heavy (non-hydrogen) atoms. The van der Waals surface area contributed by atoms with Crippen LogP contribution in [0.5, 0.6) is 0 Å². The van der Waals surface area contributed by atoms with Gasteiger partial charge in [-0.15, -0.1) is 0 Å². The highest BCUT2D eigenvalue weighted by atomic mass is 15.0. The number of hydrogen-bond donors (Lipinski definition) is 0. The zero-order valence-electron chi connectivity index (χ0n) is 11.6. The van der Waals surface area contributed by atoms with Crippen LogP contribution in [-0.2, 0) is 6.42 Å². The van der Waals surface area contributed by atoms with Crippen LogP contribution in [0.15, 0.2) is 54.6 Å². The molecular weight excluding hydrogens is 230 g/mol. The van der Waals surface area contributed by atoms with Crippen LogP contribution >= 0.6 is 0 Å². The Labute approximate surface area is 114 Å². The molecule has 3 aromatic rings. The number of benzene rings is 3. The lowest BCUT2D eigenvalue weighted by atomic mass is 9.97. The molecule has 0 amide bonds. The first-order valence-electron chi connectivity index (χ1n) is 6.80. The fraction of sp³-hybridized carbons (Fsp3) is 0.222. The summed E-state index contributed by atoms with van der Waals surface area (Å²) in [6.07, 6.45) is 1.10. The monoisotopic (exact) mass is 249 g/mol. The zero-order valence-corrected chi connectivity index (χ0v) is 11.6. The lowest BCUT2D eigenvalue weighted by Gasteiger charge is -2.12. The van der Waals surface area contributed by atoms with Gasteiger partial charge in [-0.25, -0.2) is 0 Å². The first kappa shape index (κ1) is 12.2. The summed E-state index contributed by atoms with van der Waals surface area (Å²) >= 11 is 0. The molecule has 0 N–H and O–H groups in total. The van der Waals surface area contributed by atoms with Crippen molar-refractivity contribution in [3.8, 4) is 0 Å². The molecular formula is C18H19N. The maximum absolute atomic E-state index is 2.27. The van der Waals surface area contributed by atoms with Crippen molar-refractivity contribution < 1.29 is 0 Å². The highest BCUT2D eigenvalue weighted by molar-refractivity contribution is 6.08. The molecule has 0 aliphatic rings. The summed E-state index contributed by atoms with van der Waals surface area (Å²) in [4.78, 5) is 2.24. The maximum Gasteiger partial charge on any atom is 0.00159 e. The van der Waals surface area contributed by atoms with Crippen LogP contribution in [0.4, 0.5) is 0 Å². The first-order chi connectivity index (χ1) is 9.25. The van der Waals surface area contributed by atoms with E-state index in [2.05, 4.69) is 73.6 Å². The summed E-state index contributed by atoms with van der Waals surface area (Å²) in [5.41, 5.74) is 1.44. The summed E-state index contributed by atoms with van der Waals surface area (Å²) in [5, 5.41) is 5.43. The number of hydrogen-bond acceptors (Lipinski definition) is 1. The van der Waals surface area contributed by atoms with E-state index >= 15 is 0 Å². The van der Waals surface area contributed by atoms with E-state index in [4.69, 9.17) is 0 Å². The minimum atomic E-state index is 1.09. The summed E-state index contributed by atoms with van der Waals surface area (Å²) in [6.45, 7) is 1.09. The smallest absolute Gasteiger partial charge is 0.00159 e. The average Bonchev–Trinajstić information content (AvgIpc) is 2.44. The van der Waals surface area contributed by atoms with Crippen LogP contribution in [0.25, 0.3) is 21.5 Å². The Bertz CT molecular complexity index is 713. The quantitative estimate of drug-likeness (QED) is 0.632. The second kappa shape index (κ2) is 5.02. The molecule has 0 radical (unpaired) electrons. The van der Waals surface area contributed by atoms with Crippen molar-refractivity contribution in [2.75, 3.05) is 20.6 Å². The number of fused-ring (bicyclic) bond motifs is 3. The van der Waals surface area contributed by atoms with E-state index in [0.29, 0.717) is 0 Å². The van der Waals surface area contributed by atoms with Gasteiger partial charge in [0.05, 0.1) is 0 Å². The fourth-order valence-electron chi connectivity index (χ4n) is 2.67. The molecule has 1 heteroatoms. The van der Waals surface area contributed by atoms with Gasteiger partial charge in [0.2, 0.25) is 0 Å². The minimum absolute atomic E-state index is 1.09. The predicted octanol–water partition coefficient (Wildman–Crippen LogP) is 4.10. The minimum Gasteiger partial charge on any atom is -0.309 e. The second-order valence-corrected chi connectivity index (χ2v) is 5.35. The van der Waals surface area contributed by atoms with Crippen LogP contribution < -0.4 is 0 Å². The highest BCUT2D eigenvalue weighted by Crippen LogP contribution is 2.27. The summed E-state index contributed by atoms with van der Waals surface area (Å²) in [6, 6.07) is 19.8. The van der Waals surface area contributed by atoms with Gasteiger partial charge in [-0.1, -0.05) is 54.6 Å². The van der Waals surface area contributed by atoms with Gasteiger partial charge in [0, 0.05) is 6.54 Å². The molecule has 0 aliphatic heterocycles. The van der Waals surface area contributed by atoms with E-state index in [-0.39, 0.29) is 0 Å². The zero-order chi connectivity index (χ0) is 13.2. The SMILES string of the molecule is CN(C)CCc1cccc2c1ccc1ccccc12. The predicted molar refractivity (Wildman–Crippen MR) is 83.7 cm³/mol. The van der Waals surface area contributed by atoms with Gasteiger partial charge in [0.25, 0.3) is 0 Å². The molecule has 0 aliphatic carbocycles. The standard InChI is InChI=1S/C18H19N/c1-19(2)13-12-15-7-5-9-18-16-8-4-3-6-14(16)10-11-17(15)18/h3-11H,12-13H2,1-2H3. The Morgan fingerprint density at radius 2 is 1.53 bits per heavy atom. The lowest BCUT2D eigenvalue weighted by molar-refractivity contribution is 0.414. The van der Waals surface area contributed by atoms with Crippen molar-refractivity contribution in [1.29, 1.82) is 0 Å². The fourth-order valence-corrected chi connectivity index (χ4v) is 2.67. The molecule has 0 heterocycles. The number of rotatable bonds is 3. The summed E-state index contributed by atoms with van der Waals surface area (Å²) in [5.74, 6) is 0. The second-order valence-electron chi connectivity index (χ2n) is 5.35. The largest absolute Gasteiger partial charge is 0.309 e. The highest BCUT2D eigenvalue weighted by Gasteiger charge is 2.04. The van der Waals surface area contributed by atoms with Crippen molar-refractivity contribution >= 4 is 21.5 Å². The van der Waals surface area contributed by atoms with Gasteiger partial charge in [-0.05, 0) is 47.6 Å². The van der Waals surface area contributed by atoms with Crippen molar-refractivity contribution in [2.24, 2.45) is 0 Å². The Kier molecular flexibility index (Phi) is 3.22. The van der Waals surface area contributed by atoms with Crippen LogP contribution in [0.1, 0.15) is 5.56 Å². The molecule has 0 aromatic heterocycles. The molecule has 1 nitrogen and oxygen atoms in total. The first-order valence-corrected chi connectivity index (χ1v) is 6.80. The third-order valence-corrected chi connectivity index (χ3v) is 3.71. The molecule has 0 spiro atoms. The average molecular weight is 249 g/mol. The van der Waals surface area contributed by atoms with Crippen LogP contribution in [0.2, 0.25) is 0 Å². The van der Waals surface area contributed by atoms with Gasteiger partial charge in [0.1, 0.15) is 0 Å². The van der Waals surface area contributed by atoms with E-state index in [0.717, 1.165) is 13.0 Å². The van der Waals surface area contributed by atoms with Gasteiger partial charge in [-0.3, -0.25) is 0 Å². The summed E-state index contributed by atoms with van der Waals surface area (Å²) in [7, 11) is 4.25. The molecule has 0 bridgehead atoms. The van der Waals surface area contributed by atoms with Crippen LogP contribution in [-0.4, -0.2) is 25.5 Å². The molecule has 96 valence electrons. The summed E-state index contributed by atoms with van der Waals surface area (Å²) < 4.78 is 0. The van der Waals surface area contributed by atoms with E-state index in [1.165, 1.54) is 27.1 Å². The van der Waals surface area contributed by atoms with Gasteiger partial charge >= 0.3 is 0 Å². The number of nitrogens with zero attached hydrogens (tertiary/aromatic N) is 1. The Hall–Kier alpha value is -1.86. The van der Waals surface area contributed by atoms with E-state index < -0.39 is 0 Å². The van der Waals surface area contributed by atoms with Crippen molar-refractivity contribution in [3.05, 3.63) is 60.2 Å².